The van der Waals surface area contributed by atoms with Gasteiger partial charge in [-0.05, 0) is 42.3 Å². The third-order valence-corrected chi connectivity index (χ3v) is 5.82. The molecule has 4 aromatic rings. The largest absolute Gasteiger partial charge is 0.342 e. The zero-order valence-corrected chi connectivity index (χ0v) is 18.9. The molecule has 168 valence electrons. The first-order valence-electron chi connectivity index (χ1n) is 10.4. The van der Waals surface area contributed by atoms with Gasteiger partial charge in [-0.15, -0.1) is 0 Å². The van der Waals surface area contributed by atoms with E-state index in [1.165, 1.54) is 12.1 Å². The number of rotatable bonds is 6. The summed E-state index contributed by atoms with van der Waals surface area (Å²) in [5.74, 6) is -0.533. The van der Waals surface area contributed by atoms with E-state index in [1.807, 2.05) is 48.0 Å². The van der Waals surface area contributed by atoms with Gasteiger partial charge in [0.1, 0.15) is 11.6 Å². The highest BCUT2D eigenvalue weighted by molar-refractivity contribution is 6.31. The van der Waals surface area contributed by atoms with Gasteiger partial charge in [-0.25, -0.2) is 0 Å². The number of carbonyl (C=O) groups excluding carboxylic acids is 1. The first kappa shape index (κ1) is 22.8. The highest BCUT2D eigenvalue weighted by Crippen LogP contribution is 2.26. The number of non-ortho nitro benzene ring substituents is 1. The fourth-order valence-electron chi connectivity index (χ4n) is 3.61. The van der Waals surface area contributed by atoms with Gasteiger partial charge in [0, 0.05) is 52.1 Å². The molecule has 1 amide bonds. The summed E-state index contributed by atoms with van der Waals surface area (Å²) in [6, 6.07) is 21.1. The van der Waals surface area contributed by atoms with E-state index < -0.39 is 10.8 Å². The minimum atomic E-state index is -0.533. The molecular formula is C26H19ClN4O3. The highest BCUT2D eigenvalue weighted by Gasteiger charge is 2.14. The fourth-order valence-corrected chi connectivity index (χ4v) is 3.79. The summed E-state index contributed by atoms with van der Waals surface area (Å²) >= 11 is 6.13. The summed E-state index contributed by atoms with van der Waals surface area (Å²) in [6.45, 7) is 2.34. The van der Waals surface area contributed by atoms with E-state index in [0.717, 1.165) is 22.0 Å². The molecule has 34 heavy (non-hydrogen) atoms. The van der Waals surface area contributed by atoms with Gasteiger partial charge in [0.2, 0.25) is 0 Å². The Bertz CT molecular complexity index is 1480. The second-order valence-electron chi connectivity index (χ2n) is 7.74. The molecule has 1 aromatic heterocycles. The number of fused-ring (bicyclic) bond motifs is 1. The van der Waals surface area contributed by atoms with Crippen LogP contribution in [0.25, 0.3) is 17.0 Å². The van der Waals surface area contributed by atoms with Crippen LogP contribution in [0.3, 0.4) is 0 Å². The standard InChI is InChI=1S/C26H19ClN4O3/c1-17-6-9-21(13-24(17)27)29-26(32)19(14-28)12-20-16-30(25-5-3-2-4-23(20)25)15-18-7-10-22(11-8-18)31(33)34/h2-13,16H,15H2,1H3,(H,29,32)/b19-12-. The number of nitriles is 1. The Labute approximate surface area is 200 Å². The number of aromatic nitrogens is 1. The lowest BCUT2D eigenvalue weighted by molar-refractivity contribution is -0.384. The number of hydrogen-bond donors (Lipinski definition) is 1. The Kier molecular flexibility index (Phi) is 6.44. The van der Waals surface area contributed by atoms with Gasteiger partial charge in [-0.3, -0.25) is 14.9 Å². The summed E-state index contributed by atoms with van der Waals surface area (Å²) in [5, 5.41) is 24.7. The van der Waals surface area contributed by atoms with Crippen LogP contribution < -0.4 is 5.32 Å². The molecule has 0 unspecified atom stereocenters. The van der Waals surface area contributed by atoms with E-state index in [-0.39, 0.29) is 11.3 Å². The van der Waals surface area contributed by atoms with Crippen LogP contribution in [0, 0.1) is 28.4 Å². The maximum atomic E-state index is 12.8. The van der Waals surface area contributed by atoms with E-state index in [9.17, 15) is 20.2 Å². The van der Waals surface area contributed by atoms with Crippen molar-refractivity contribution in [2.75, 3.05) is 5.32 Å². The van der Waals surface area contributed by atoms with E-state index in [0.29, 0.717) is 22.8 Å². The average molecular weight is 471 g/mol. The molecule has 0 saturated carbocycles. The smallest absolute Gasteiger partial charge is 0.269 e. The van der Waals surface area contributed by atoms with Crippen LogP contribution in [0.2, 0.25) is 5.02 Å². The van der Waals surface area contributed by atoms with Crippen LogP contribution in [0.15, 0.2) is 78.5 Å². The topological polar surface area (TPSA) is 101 Å². The van der Waals surface area contributed by atoms with E-state index in [1.54, 1.807) is 36.4 Å². The number of benzene rings is 3. The van der Waals surface area contributed by atoms with Crippen molar-refractivity contribution >= 4 is 45.9 Å². The van der Waals surface area contributed by atoms with Gasteiger partial charge < -0.3 is 9.88 Å². The second-order valence-corrected chi connectivity index (χ2v) is 8.15. The fraction of sp³-hybridized carbons (Fsp3) is 0.0769. The van der Waals surface area contributed by atoms with Crippen molar-refractivity contribution in [1.82, 2.24) is 4.57 Å². The monoisotopic (exact) mass is 470 g/mol. The Morgan fingerprint density at radius 3 is 2.59 bits per heavy atom. The van der Waals surface area contributed by atoms with Crippen LogP contribution in [0.4, 0.5) is 11.4 Å². The zero-order valence-electron chi connectivity index (χ0n) is 18.2. The van der Waals surface area contributed by atoms with Gasteiger partial charge in [0.05, 0.1) is 4.92 Å². The predicted molar refractivity (Wildman–Crippen MR) is 133 cm³/mol. The summed E-state index contributed by atoms with van der Waals surface area (Å²) in [6.07, 6.45) is 3.42. The Balaban J connectivity index is 1.65. The molecule has 0 saturated heterocycles. The van der Waals surface area contributed by atoms with Crippen LogP contribution >= 0.6 is 11.6 Å². The molecule has 0 fully saturated rings. The Morgan fingerprint density at radius 1 is 1.18 bits per heavy atom. The quantitative estimate of drug-likeness (QED) is 0.159. The number of amides is 1. The van der Waals surface area contributed by atoms with Gasteiger partial charge in [-0.1, -0.05) is 48.0 Å². The molecule has 7 nitrogen and oxygen atoms in total. The molecule has 0 aliphatic rings. The lowest BCUT2D eigenvalue weighted by Gasteiger charge is -2.06. The van der Waals surface area contributed by atoms with Crippen molar-refractivity contribution in [1.29, 1.82) is 5.26 Å². The molecule has 0 aliphatic heterocycles. The minimum absolute atomic E-state index is 0.0317. The summed E-state index contributed by atoms with van der Waals surface area (Å²) in [4.78, 5) is 23.2. The van der Waals surface area contributed by atoms with Crippen molar-refractivity contribution in [2.45, 2.75) is 13.5 Å². The molecule has 0 radical (unpaired) electrons. The lowest BCUT2D eigenvalue weighted by atomic mass is 10.1. The average Bonchev–Trinajstić information content (AvgIpc) is 3.17. The molecule has 0 aliphatic carbocycles. The third kappa shape index (κ3) is 4.82. The molecule has 1 heterocycles. The molecule has 0 bridgehead atoms. The number of anilines is 1. The van der Waals surface area contributed by atoms with Crippen LogP contribution in [-0.2, 0) is 11.3 Å². The summed E-state index contributed by atoms with van der Waals surface area (Å²) < 4.78 is 1.98. The molecule has 0 atom stereocenters. The first-order valence-corrected chi connectivity index (χ1v) is 10.7. The maximum Gasteiger partial charge on any atom is 0.269 e. The molecule has 1 N–H and O–H groups in total. The second kappa shape index (κ2) is 9.61. The lowest BCUT2D eigenvalue weighted by Crippen LogP contribution is -2.13. The number of nitro groups is 1. The molecule has 3 aromatic carbocycles. The van der Waals surface area contributed by atoms with Crippen LogP contribution in [0.5, 0.6) is 0 Å². The predicted octanol–water partition coefficient (Wildman–Crippen LogP) is 6.11. The number of hydrogen-bond acceptors (Lipinski definition) is 4. The molecular weight excluding hydrogens is 452 g/mol. The number of carbonyl (C=O) groups is 1. The SMILES string of the molecule is Cc1ccc(NC(=O)/C(C#N)=C\c2cn(Cc3ccc([N+](=O)[O-])cc3)c3ccccc23)cc1Cl. The van der Waals surface area contributed by atoms with Crippen LogP contribution in [0.1, 0.15) is 16.7 Å². The van der Waals surface area contributed by atoms with Crippen molar-refractivity contribution < 1.29 is 9.72 Å². The third-order valence-electron chi connectivity index (χ3n) is 5.41. The van der Waals surface area contributed by atoms with Gasteiger partial charge in [0.15, 0.2) is 0 Å². The zero-order chi connectivity index (χ0) is 24.2. The number of nitrogens with one attached hydrogen (secondary N) is 1. The molecule has 4 rings (SSSR count). The Hall–Kier alpha value is -4.41. The Morgan fingerprint density at radius 2 is 1.91 bits per heavy atom. The van der Waals surface area contributed by atoms with E-state index >= 15 is 0 Å². The minimum Gasteiger partial charge on any atom is -0.342 e. The van der Waals surface area contributed by atoms with Crippen LogP contribution in [-0.4, -0.2) is 15.4 Å². The van der Waals surface area contributed by atoms with Crippen molar-refractivity contribution in [3.63, 3.8) is 0 Å². The van der Waals surface area contributed by atoms with Gasteiger partial charge in [-0.2, -0.15) is 5.26 Å². The van der Waals surface area contributed by atoms with Crippen molar-refractivity contribution in [2.24, 2.45) is 0 Å². The number of aryl methyl sites for hydroxylation is 1. The summed E-state index contributed by atoms with van der Waals surface area (Å²) in [7, 11) is 0. The normalized spacial score (nSPS) is 11.3. The van der Waals surface area contributed by atoms with Crippen molar-refractivity contribution in [3.8, 4) is 6.07 Å². The molecule has 0 spiro atoms. The van der Waals surface area contributed by atoms with Crippen molar-refractivity contribution in [3.05, 3.63) is 110 Å². The van der Waals surface area contributed by atoms with Gasteiger partial charge in [0.25, 0.3) is 11.6 Å². The molecule has 8 heteroatoms. The number of nitro benzene ring substituents is 1. The number of para-hydroxylation sites is 1. The van der Waals surface area contributed by atoms with E-state index in [2.05, 4.69) is 5.32 Å². The van der Waals surface area contributed by atoms with Gasteiger partial charge >= 0.3 is 0 Å². The van der Waals surface area contributed by atoms with E-state index in [4.69, 9.17) is 11.6 Å². The first-order chi connectivity index (χ1) is 16.4. The highest BCUT2D eigenvalue weighted by atomic mass is 35.5. The number of nitrogens with zero attached hydrogens (tertiary/aromatic N) is 3. The number of halogens is 1. The maximum absolute atomic E-state index is 12.8. The summed E-state index contributed by atoms with van der Waals surface area (Å²) in [5.41, 5.74) is 3.88.